The van der Waals surface area contributed by atoms with E-state index in [2.05, 4.69) is 20.8 Å². The molecule has 14 heavy (non-hydrogen) atoms. The molecular formula is C14H28. The molecule has 0 N–H and O–H groups in total. The molecule has 0 bridgehead atoms. The van der Waals surface area contributed by atoms with Gasteiger partial charge in [-0.1, -0.05) is 72.1 Å². The van der Waals surface area contributed by atoms with Crippen molar-refractivity contribution in [1.82, 2.24) is 0 Å². The zero-order valence-corrected chi connectivity index (χ0v) is 10.4. The molecule has 0 spiro atoms. The predicted molar refractivity (Wildman–Crippen MR) is 64.4 cm³/mol. The molecule has 0 nitrogen and oxygen atoms in total. The normalized spacial score (nSPS) is 22.5. The summed E-state index contributed by atoms with van der Waals surface area (Å²) in [5, 5.41) is 0. The van der Waals surface area contributed by atoms with Crippen LogP contribution in [0.15, 0.2) is 0 Å². The van der Waals surface area contributed by atoms with E-state index in [1.165, 1.54) is 51.4 Å². The lowest BCUT2D eigenvalue weighted by Crippen LogP contribution is -2.07. The summed E-state index contributed by atoms with van der Waals surface area (Å²) < 4.78 is 0. The molecule has 84 valence electrons. The first-order chi connectivity index (χ1) is 6.74. The molecule has 2 atom stereocenters. The third kappa shape index (κ3) is 4.02. The Bertz CT molecular complexity index is 133. The van der Waals surface area contributed by atoms with Crippen LogP contribution in [0.5, 0.6) is 0 Å². The predicted octanol–water partition coefficient (Wildman–Crippen LogP) is 5.03. The number of rotatable bonds is 6. The monoisotopic (exact) mass is 196 g/mol. The van der Waals surface area contributed by atoms with E-state index in [9.17, 15) is 0 Å². The van der Waals surface area contributed by atoms with Crippen LogP contribution < -0.4 is 0 Å². The maximum absolute atomic E-state index is 2.43. The highest BCUT2D eigenvalue weighted by Gasteiger charge is 2.15. The van der Waals surface area contributed by atoms with Crippen LogP contribution >= 0.6 is 0 Å². The van der Waals surface area contributed by atoms with Crippen molar-refractivity contribution in [3.63, 3.8) is 0 Å². The van der Waals surface area contributed by atoms with Crippen molar-refractivity contribution >= 4 is 0 Å². The molecule has 2 unspecified atom stereocenters. The molecule has 1 aliphatic carbocycles. The largest absolute Gasteiger partial charge is 0.0651 e. The zero-order valence-electron chi connectivity index (χ0n) is 10.4. The second kappa shape index (κ2) is 6.48. The Morgan fingerprint density at radius 1 is 1.07 bits per heavy atom. The van der Waals surface area contributed by atoms with Gasteiger partial charge in [0.15, 0.2) is 0 Å². The van der Waals surface area contributed by atoms with Gasteiger partial charge in [-0.05, 0) is 17.8 Å². The van der Waals surface area contributed by atoms with E-state index >= 15 is 0 Å². The van der Waals surface area contributed by atoms with E-state index in [-0.39, 0.29) is 0 Å². The lowest BCUT2D eigenvalue weighted by molar-refractivity contribution is 0.330. The molecule has 1 saturated carbocycles. The first kappa shape index (κ1) is 12.1. The topological polar surface area (TPSA) is 0 Å². The molecular weight excluding hydrogens is 168 g/mol. The molecule has 1 rings (SSSR count). The second-order valence-electron chi connectivity index (χ2n) is 5.44. The van der Waals surface area contributed by atoms with Crippen molar-refractivity contribution in [3.8, 4) is 0 Å². The van der Waals surface area contributed by atoms with Gasteiger partial charge in [-0.2, -0.15) is 0 Å². The summed E-state index contributed by atoms with van der Waals surface area (Å²) >= 11 is 0. The first-order valence-electron chi connectivity index (χ1n) is 6.74. The minimum Gasteiger partial charge on any atom is -0.0651 e. The van der Waals surface area contributed by atoms with Crippen molar-refractivity contribution < 1.29 is 0 Å². The van der Waals surface area contributed by atoms with Gasteiger partial charge >= 0.3 is 0 Å². The first-order valence-corrected chi connectivity index (χ1v) is 6.74. The average molecular weight is 196 g/mol. The number of hydrogen-bond acceptors (Lipinski definition) is 0. The van der Waals surface area contributed by atoms with E-state index in [0.29, 0.717) is 0 Å². The highest BCUT2D eigenvalue weighted by atomic mass is 14.2. The van der Waals surface area contributed by atoms with Crippen molar-refractivity contribution in [2.75, 3.05) is 0 Å². The third-order valence-electron chi connectivity index (χ3n) is 4.36. The minimum atomic E-state index is 0.929. The van der Waals surface area contributed by atoms with Gasteiger partial charge in [-0.15, -0.1) is 0 Å². The maximum Gasteiger partial charge on any atom is -0.0414 e. The van der Waals surface area contributed by atoms with Crippen LogP contribution in [0.25, 0.3) is 0 Å². The van der Waals surface area contributed by atoms with Crippen molar-refractivity contribution in [1.29, 1.82) is 0 Å². The molecule has 0 aliphatic heterocycles. The molecule has 0 saturated heterocycles. The van der Waals surface area contributed by atoms with Crippen LogP contribution in [0.3, 0.4) is 0 Å². The van der Waals surface area contributed by atoms with Gasteiger partial charge in [0.2, 0.25) is 0 Å². The molecule has 1 aliphatic rings. The smallest absolute Gasteiger partial charge is 0.0414 e. The van der Waals surface area contributed by atoms with E-state index in [1.54, 1.807) is 0 Å². The lowest BCUT2D eigenvalue weighted by atomic mass is 9.87. The third-order valence-corrected chi connectivity index (χ3v) is 4.36. The summed E-state index contributed by atoms with van der Waals surface area (Å²) in [6, 6.07) is 0. The van der Waals surface area contributed by atoms with Gasteiger partial charge in [-0.25, -0.2) is 0 Å². The molecule has 0 aromatic heterocycles. The molecule has 0 heterocycles. The Balaban J connectivity index is 2.02. The Kier molecular flexibility index (Phi) is 5.59. The van der Waals surface area contributed by atoms with Crippen LogP contribution in [-0.2, 0) is 0 Å². The minimum absolute atomic E-state index is 0.929. The van der Waals surface area contributed by atoms with Gasteiger partial charge in [0.1, 0.15) is 0 Å². The van der Waals surface area contributed by atoms with E-state index in [4.69, 9.17) is 0 Å². The summed E-state index contributed by atoms with van der Waals surface area (Å²) in [5.41, 5.74) is 0. The van der Waals surface area contributed by atoms with Crippen LogP contribution in [0.1, 0.15) is 72.1 Å². The van der Waals surface area contributed by atoms with Gasteiger partial charge in [-0.3, -0.25) is 0 Å². The molecule has 0 heteroatoms. The van der Waals surface area contributed by atoms with Crippen molar-refractivity contribution in [2.24, 2.45) is 17.8 Å². The highest BCUT2D eigenvalue weighted by Crippen LogP contribution is 2.30. The summed E-state index contributed by atoms with van der Waals surface area (Å²) in [6.07, 6.45) is 11.9. The van der Waals surface area contributed by atoms with Crippen LogP contribution in [-0.4, -0.2) is 0 Å². The fourth-order valence-corrected chi connectivity index (χ4v) is 2.71. The van der Waals surface area contributed by atoms with Crippen LogP contribution in [0.4, 0.5) is 0 Å². The summed E-state index contributed by atoms with van der Waals surface area (Å²) in [5.74, 6) is 2.97. The van der Waals surface area contributed by atoms with Gasteiger partial charge in [0.25, 0.3) is 0 Å². The van der Waals surface area contributed by atoms with E-state index in [0.717, 1.165) is 17.8 Å². The average Bonchev–Trinajstić information content (AvgIpc) is 2.69. The highest BCUT2D eigenvalue weighted by molar-refractivity contribution is 4.68. The fraction of sp³-hybridized carbons (Fsp3) is 1.00. The Morgan fingerprint density at radius 2 is 1.71 bits per heavy atom. The van der Waals surface area contributed by atoms with Gasteiger partial charge in [0.05, 0.1) is 0 Å². The van der Waals surface area contributed by atoms with Gasteiger partial charge in [0, 0.05) is 0 Å². The summed E-state index contributed by atoms with van der Waals surface area (Å²) in [7, 11) is 0. The fourth-order valence-electron chi connectivity index (χ4n) is 2.71. The zero-order chi connectivity index (χ0) is 10.4. The molecule has 0 aromatic rings. The Hall–Kier alpha value is 0. The Morgan fingerprint density at radius 3 is 2.29 bits per heavy atom. The standard InChI is InChI=1S/C14H28/c1-4-12(2)13(3)8-7-11-14-9-5-6-10-14/h12-14H,4-11H2,1-3H3. The molecule has 1 fully saturated rings. The van der Waals surface area contributed by atoms with E-state index in [1.807, 2.05) is 0 Å². The number of hydrogen-bond donors (Lipinski definition) is 0. The lowest BCUT2D eigenvalue weighted by Gasteiger charge is -2.18. The van der Waals surface area contributed by atoms with E-state index < -0.39 is 0 Å². The van der Waals surface area contributed by atoms with Crippen LogP contribution in [0.2, 0.25) is 0 Å². The van der Waals surface area contributed by atoms with Crippen LogP contribution in [0, 0.1) is 17.8 Å². The molecule has 0 amide bonds. The second-order valence-corrected chi connectivity index (χ2v) is 5.44. The quantitative estimate of drug-likeness (QED) is 0.559. The molecule has 0 radical (unpaired) electrons. The van der Waals surface area contributed by atoms with Gasteiger partial charge < -0.3 is 0 Å². The maximum atomic E-state index is 2.43. The SMILES string of the molecule is CCC(C)C(C)CCCC1CCCC1. The summed E-state index contributed by atoms with van der Waals surface area (Å²) in [4.78, 5) is 0. The van der Waals surface area contributed by atoms with Crippen molar-refractivity contribution in [3.05, 3.63) is 0 Å². The summed E-state index contributed by atoms with van der Waals surface area (Å²) in [6.45, 7) is 7.15. The van der Waals surface area contributed by atoms with Crippen molar-refractivity contribution in [2.45, 2.75) is 72.1 Å². The molecule has 0 aromatic carbocycles. The Labute approximate surface area is 90.5 Å².